The zero-order valence-electron chi connectivity index (χ0n) is 11.3. The number of rotatable bonds is 3. The molecule has 3 rings (SSSR count). The highest BCUT2D eigenvalue weighted by molar-refractivity contribution is 7.14. The third-order valence-corrected chi connectivity index (χ3v) is 4.55. The maximum Gasteiger partial charge on any atom is 0.345 e. The maximum atomic E-state index is 11.0. The Kier molecular flexibility index (Phi) is 3.24. The third kappa shape index (κ3) is 2.41. The number of hydrogen-bond donors (Lipinski definition) is 1. The first-order chi connectivity index (χ1) is 10.1. The molecule has 104 valence electrons. The standard InChI is InChI=1S/C16H12N2O2S/c1-10-13(7-15(21-10)16(19)20)9-18-5-4-12-6-11(8-17)2-3-14(12)18/h2-7H,9H2,1H3,(H,19,20). The van der Waals surface area contributed by atoms with E-state index in [1.165, 1.54) is 11.3 Å². The summed E-state index contributed by atoms with van der Waals surface area (Å²) in [5, 5.41) is 19.0. The predicted octanol–water partition coefficient (Wildman–Crippen LogP) is 3.63. The first-order valence-electron chi connectivity index (χ1n) is 6.40. The average molecular weight is 296 g/mol. The van der Waals surface area contributed by atoms with Crippen LogP contribution in [0.3, 0.4) is 0 Å². The summed E-state index contributed by atoms with van der Waals surface area (Å²) >= 11 is 1.30. The number of carboxylic acid groups (broad SMARTS) is 1. The summed E-state index contributed by atoms with van der Waals surface area (Å²) in [4.78, 5) is 12.4. The molecule has 5 heteroatoms. The number of carbonyl (C=O) groups is 1. The molecule has 0 fully saturated rings. The number of nitrogens with zero attached hydrogens (tertiary/aromatic N) is 2. The topological polar surface area (TPSA) is 66.0 Å². The monoisotopic (exact) mass is 296 g/mol. The molecule has 3 aromatic rings. The molecule has 2 aromatic heterocycles. The van der Waals surface area contributed by atoms with Crippen molar-refractivity contribution in [1.82, 2.24) is 4.57 Å². The summed E-state index contributed by atoms with van der Waals surface area (Å²) in [5.74, 6) is -0.884. The highest BCUT2D eigenvalue weighted by atomic mass is 32.1. The van der Waals surface area contributed by atoms with E-state index in [-0.39, 0.29) is 0 Å². The van der Waals surface area contributed by atoms with Gasteiger partial charge >= 0.3 is 5.97 Å². The summed E-state index contributed by atoms with van der Waals surface area (Å²) in [6.07, 6.45) is 1.96. The summed E-state index contributed by atoms with van der Waals surface area (Å²) in [5.41, 5.74) is 2.69. The van der Waals surface area contributed by atoms with Crippen LogP contribution in [-0.4, -0.2) is 15.6 Å². The lowest BCUT2D eigenvalue weighted by Gasteiger charge is -2.05. The highest BCUT2D eigenvalue weighted by Gasteiger charge is 2.12. The van der Waals surface area contributed by atoms with Crippen LogP contribution in [0.2, 0.25) is 0 Å². The van der Waals surface area contributed by atoms with E-state index in [1.807, 2.05) is 31.3 Å². The van der Waals surface area contributed by atoms with Crippen LogP contribution in [0, 0.1) is 18.3 Å². The van der Waals surface area contributed by atoms with Crippen molar-refractivity contribution < 1.29 is 9.90 Å². The second-order valence-corrected chi connectivity index (χ2v) is 6.08. The normalized spacial score (nSPS) is 10.7. The van der Waals surface area contributed by atoms with Gasteiger partial charge in [-0.1, -0.05) is 0 Å². The van der Waals surface area contributed by atoms with Gasteiger partial charge in [0.15, 0.2) is 0 Å². The van der Waals surface area contributed by atoms with Gasteiger partial charge in [0.2, 0.25) is 0 Å². The maximum absolute atomic E-state index is 11.0. The van der Waals surface area contributed by atoms with Crippen LogP contribution in [0.1, 0.15) is 25.7 Å². The molecule has 4 nitrogen and oxygen atoms in total. The fraction of sp³-hybridized carbons (Fsp3) is 0.125. The van der Waals surface area contributed by atoms with E-state index in [9.17, 15) is 4.79 Å². The SMILES string of the molecule is Cc1sc(C(=O)O)cc1Cn1ccc2cc(C#N)ccc21. The lowest BCUT2D eigenvalue weighted by molar-refractivity contribution is 0.0702. The molecular formula is C16H12N2O2S. The molecule has 0 unspecified atom stereocenters. The fourth-order valence-corrected chi connectivity index (χ4v) is 3.25. The number of thiophene rings is 1. The number of benzene rings is 1. The zero-order valence-corrected chi connectivity index (χ0v) is 12.1. The molecular weight excluding hydrogens is 284 g/mol. The smallest absolute Gasteiger partial charge is 0.345 e. The summed E-state index contributed by atoms with van der Waals surface area (Å²) in [7, 11) is 0. The molecule has 0 aliphatic carbocycles. The highest BCUT2D eigenvalue weighted by Crippen LogP contribution is 2.25. The van der Waals surface area contributed by atoms with Crippen LogP contribution in [-0.2, 0) is 6.54 Å². The Morgan fingerprint density at radius 2 is 2.19 bits per heavy atom. The number of aromatic carboxylic acids is 1. The van der Waals surface area contributed by atoms with Crippen molar-refractivity contribution in [3.05, 3.63) is 57.4 Å². The molecule has 0 radical (unpaired) electrons. The van der Waals surface area contributed by atoms with Crippen LogP contribution in [0.5, 0.6) is 0 Å². The Morgan fingerprint density at radius 1 is 1.38 bits per heavy atom. The van der Waals surface area contributed by atoms with Crippen LogP contribution < -0.4 is 0 Å². The van der Waals surface area contributed by atoms with E-state index in [4.69, 9.17) is 10.4 Å². The number of carboxylic acids is 1. The molecule has 0 spiro atoms. The Hall–Kier alpha value is -2.58. The fourth-order valence-electron chi connectivity index (χ4n) is 2.37. The average Bonchev–Trinajstić information content (AvgIpc) is 3.03. The molecule has 0 atom stereocenters. The van der Waals surface area contributed by atoms with Gasteiger partial charge < -0.3 is 9.67 Å². The second kappa shape index (κ2) is 5.08. The Balaban J connectivity index is 1.99. The number of aromatic nitrogens is 1. The van der Waals surface area contributed by atoms with E-state index < -0.39 is 5.97 Å². The van der Waals surface area contributed by atoms with Crippen molar-refractivity contribution in [3.8, 4) is 6.07 Å². The van der Waals surface area contributed by atoms with Crippen LogP contribution in [0.25, 0.3) is 10.9 Å². The van der Waals surface area contributed by atoms with E-state index in [0.717, 1.165) is 21.3 Å². The Bertz CT molecular complexity index is 883. The van der Waals surface area contributed by atoms with Gasteiger partial charge in [-0.3, -0.25) is 0 Å². The van der Waals surface area contributed by atoms with Crippen molar-refractivity contribution >= 4 is 28.2 Å². The summed E-state index contributed by atoms with van der Waals surface area (Å²) in [6.45, 7) is 2.57. The number of fused-ring (bicyclic) bond motifs is 1. The molecule has 0 saturated heterocycles. The van der Waals surface area contributed by atoms with Crippen molar-refractivity contribution in [1.29, 1.82) is 5.26 Å². The first-order valence-corrected chi connectivity index (χ1v) is 7.22. The van der Waals surface area contributed by atoms with Gasteiger partial charge in [0.25, 0.3) is 0 Å². The molecule has 0 amide bonds. The van der Waals surface area contributed by atoms with Crippen molar-refractivity contribution in [3.63, 3.8) is 0 Å². The van der Waals surface area contributed by atoms with Gasteiger partial charge in [-0.2, -0.15) is 5.26 Å². The quantitative estimate of drug-likeness (QED) is 0.802. The van der Waals surface area contributed by atoms with E-state index in [1.54, 1.807) is 12.1 Å². The van der Waals surface area contributed by atoms with Gasteiger partial charge in [0.1, 0.15) is 4.88 Å². The first kappa shape index (κ1) is 13.4. The van der Waals surface area contributed by atoms with E-state index >= 15 is 0 Å². The van der Waals surface area contributed by atoms with Crippen LogP contribution in [0.15, 0.2) is 36.5 Å². The van der Waals surface area contributed by atoms with Gasteiger partial charge in [-0.05, 0) is 42.8 Å². The molecule has 0 aliphatic rings. The van der Waals surface area contributed by atoms with Crippen molar-refractivity contribution in [2.24, 2.45) is 0 Å². The third-order valence-electron chi connectivity index (χ3n) is 3.47. The predicted molar refractivity (Wildman–Crippen MR) is 81.8 cm³/mol. The molecule has 2 heterocycles. The van der Waals surface area contributed by atoms with Crippen LogP contribution in [0.4, 0.5) is 0 Å². The van der Waals surface area contributed by atoms with E-state index in [0.29, 0.717) is 17.0 Å². The molecule has 0 saturated carbocycles. The Morgan fingerprint density at radius 3 is 2.86 bits per heavy atom. The van der Waals surface area contributed by atoms with Gasteiger partial charge in [-0.25, -0.2) is 4.79 Å². The number of aryl methyl sites for hydroxylation is 1. The summed E-state index contributed by atoms with van der Waals surface area (Å²) in [6, 6.07) is 11.4. The lowest BCUT2D eigenvalue weighted by Crippen LogP contribution is -1.98. The van der Waals surface area contributed by atoms with E-state index in [2.05, 4.69) is 10.6 Å². The minimum atomic E-state index is -0.884. The second-order valence-electron chi connectivity index (χ2n) is 4.83. The number of nitriles is 1. The number of hydrogen-bond acceptors (Lipinski definition) is 3. The minimum Gasteiger partial charge on any atom is -0.477 e. The van der Waals surface area contributed by atoms with Gasteiger partial charge in [0.05, 0.1) is 11.6 Å². The molecule has 0 aliphatic heterocycles. The molecule has 0 bridgehead atoms. The van der Waals surface area contributed by atoms with Gasteiger partial charge in [0, 0.05) is 28.5 Å². The summed E-state index contributed by atoms with van der Waals surface area (Å²) < 4.78 is 2.07. The van der Waals surface area contributed by atoms with Crippen molar-refractivity contribution in [2.75, 3.05) is 0 Å². The van der Waals surface area contributed by atoms with Crippen LogP contribution >= 0.6 is 11.3 Å². The lowest BCUT2D eigenvalue weighted by atomic mass is 10.2. The molecule has 21 heavy (non-hydrogen) atoms. The molecule has 1 N–H and O–H groups in total. The van der Waals surface area contributed by atoms with Crippen molar-refractivity contribution in [2.45, 2.75) is 13.5 Å². The zero-order chi connectivity index (χ0) is 15.0. The Labute approximate surface area is 125 Å². The molecule has 1 aromatic carbocycles. The van der Waals surface area contributed by atoms with Gasteiger partial charge in [-0.15, -0.1) is 11.3 Å². The minimum absolute atomic E-state index is 0.366. The largest absolute Gasteiger partial charge is 0.477 e.